The predicted octanol–water partition coefficient (Wildman–Crippen LogP) is 4.83. The Kier molecular flexibility index (Phi) is 4.61. The fourth-order valence-electron chi connectivity index (χ4n) is 3.66. The third kappa shape index (κ3) is 3.27. The van der Waals surface area contributed by atoms with Gasteiger partial charge in [-0.15, -0.1) is 0 Å². The Morgan fingerprint density at radius 3 is 2.60 bits per heavy atom. The van der Waals surface area contributed by atoms with Crippen LogP contribution in [0.4, 0.5) is 5.69 Å². The molecule has 0 bridgehead atoms. The maximum atomic E-state index is 12.9. The number of hydrazone groups is 1. The Hall–Kier alpha value is -3.77. The zero-order chi connectivity index (χ0) is 20.5. The van der Waals surface area contributed by atoms with Crippen molar-refractivity contribution in [2.24, 2.45) is 5.10 Å². The maximum Gasteiger partial charge on any atom is 0.271 e. The van der Waals surface area contributed by atoms with Crippen LogP contribution in [-0.4, -0.2) is 18.0 Å². The molecule has 1 N–H and O–H groups in total. The van der Waals surface area contributed by atoms with Gasteiger partial charge in [-0.3, -0.25) is 9.59 Å². The largest absolute Gasteiger partial charge is 0.303 e. The molecule has 5 nitrogen and oxygen atoms in total. The van der Waals surface area contributed by atoms with Crippen LogP contribution in [0.5, 0.6) is 0 Å². The van der Waals surface area contributed by atoms with Crippen LogP contribution in [0.3, 0.4) is 0 Å². The molecular formula is C24H17N3O2S. The van der Waals surface area contributed by atoms with Crippen molar-refractivity contribution in [1.29, 1.82) is 0 Å². The fourth-order valence-corrected chi connectivity index (χ4v) is 4.27. The topological polar surface area (TPSA) is 61.8 Å². The van der Waals surface area contributed by atoms with E-state index in [0.29, 0.717) is 12.1 Å². The zero-order valence-electron chi connectivity index (χ0n) is 15.9. The van der Waals surface area contributed by atoms with E-state index in [0.717, 1.165) is 33.2 Å². The van der Waals surface area contributed by atoms with Gasteiger partial charge >= 0.3 is 0 Å². The van der Waals surface area contributed by atoms with E-state index in [1.165, 1.54) is 0 Å². The molecular weight excluding hydrogens is 394 g/mol. The van der Waals surface area contributed by atoms with Crippen LogP contribution >= 0.6 is 11.3 Å². The molecule has 2 heterocycles. The summed E-state index contributed by atoms with van der Waals surface area (Å²) < 4.78 is 0. The van der Waals surface area contributed by atoms with Gasteiger partial charge in [0.05, 0.1) is 18.4 Å². The quantitative estimate of drug-likeness (QED) is 0.378. The first-order valence-corrected chi connectivity index (χ1v) is 10.4. The molecule has 0 saturated carbocycles. The van der Waals surface area contributed by atoms with Gasteiger partial charge in [-0.25, -0.2) is 5.43 Å². The number of carbonyl (C=O) groups is 2. The lowest BCUT2D eigenvalue weighted by Crippen LogP contribution is -2.26. The molecule has 0 unspecified atom stereocenters. The molecule has 1 aromatic heterocycles. The van der Waals surface area contributed by atoms with Crippen LogP contribution in [0.1, 0.15) is 31.8 Å². The molecule has 0 fully saturated rings. The second-order valence-electron chi connectivity index (χ2n) is 7.02. The monoisotopic (exact) mass is 411 g/mol. The summed E-state index contributed by atoms with van der Waals surface area (Å²) in [7, 11) is 0. The summed E-state index contributed by atoms with van der Waals surface area (Å²) in [6.07, 6.45) is 1.61. The van der Waals surface area contributed by atoms with Gasteiger partial charge < -0.3 is 4.90 Å². The maximum absolute atomic E-state index is 12.9. The second-order valence-corrected chi connectivity index (χ2v) is 7.80. The first-order chi connectivity index (χ1) is 14.7. The lowest BCUT2D eigenvalue weighted by molar-refractivity contribution is 0.0953. The van der Waals surface area contributed by atoms with Crippen molar-refractivity contribution in [3.63, 3.8) is 0 Å². The molecule has 6 heteroatoms. The van der Waals surface area contributed by atoms with Gasteiger partial charge in [0, 0.05) is 22.1 Å². The van der Waals surface area contributed by atoms with Crippen LogP contribution in [0.2, 0.25) is 0 Å². The van der Waals surface area contributed by atoms with Crippen molar-refractivity contribution in [3.05, 3.63) is 99.7 Å². The predicted molar refractivity (Wildman–Crippen MR) is 120 cm³/mol. The number of amides is 2. The first kappa shape index (κ1) is 18.3. The van der Waals surface area contributed by atoms with E-state index in [1.807, 2.05) is 65.4 Å². The number of hydrogen-bond acceptors (Lipinski definition) is 4. The van der Waals surface area contributed by atoms with E-state index >= 15 is 0 Å². The number of carbonyl (C=O) groups excluding carboxylic acids is 2. The average molecular weight is 411 g/mol. The average Bonchev–Trinajstić information content (AvgIpc) is 3.38. The molecule has 3 aromatic carbocycles. The van der Waals surface area contributed by atoms with Gasteiger partial charge in [-0.1, -0.05) is 36.4 Å². The summed E-state index contributed by atoms with van der Waals surface area (Å²) in [6.45, 7) is 0.449. The van der Waals surface area contributed by atoms with E-state index in [4.69, 9.17) is 0 Å². The minimum atomic E-state index is -0.276. The third-order valence-corrected chi connectivity index (χ3v) is 5.83. The van der Waals surface area contributed by atoms with E-state index in [2.05, 4.69) is 10.5 Å². The summed E-state index contributed by atoms with van der Waals surface area (Å²) in [4.78, 5) is 27.0. The summed E-state index contributed by atoms with van der Waals surface area (Å²) in [5.41, 5.74) is 6.61. The molecule has 30 heavy (non-hydrogen) atoms. The number of thiophene rings is 1. The van der Waals surface area contributed by atoms with E-state index in [1.54, 1.807) is 34.6 Å². The minimum absolute atomic E-state index is 0.00591. The first-order valence-electron chi connectivity index (χ1n) is 9.49. The Morgan fingerprint density at radius 2 is 1.83 bits per heavy atom. The van der Waals surface area contributed by atoms with Crippen LogP contribution in [0, 0.1) is 0 Å². The standard InChI is InChI=1S/C24H17N3O2S/c28-23(26-25-13-17-11-12-30-15-17)19-9-7-16(8-10-19)14-27-21-6-2-4-18-3-1-5-20(22(18)21)24(27)29/h1-13,15H,14H2,(H,26,28)/b25-13+. The summed E-state index contributed by atoms with van der Waals surface area (Å²) >= 11 is 1.57. The summed E-state index contributed by atoms with van der Waals surface area (Å²) in [5.74, 6) is -0.270. The van der Waals surface area contributed by atoms with Crippen molar-refractivity contribution >= 4 is 45.8 Å². The Morgan fingerprint density at radius 1 is 1.03 bits per heavy atom. The number of nitrogens with one attached hydrogen (secondary N) is 1. The van der Waals surface area contributed by atoms with Crippen LogP contribution in [-0.2, 0) is 6.54 Å². The van der Waals surface area contributed by atoms with Gasteiger partial charge in [-0.2, -0.15) is 16.4 Å². The van der Waals surface area contributed by atoms with E-state index < -0.39 is 0 Å². The van der Waals surface area contributed by atoms with Crippen molar-refractivity contribution in [1.82, 2.24) is 5.43 Å². The molecule has 5 rings (SSSR count). The van der Waals surface area contributed by atoms with Gasteiger partial charge in [0.25, 0.3) is 11.8 Å². The molecule has 0 saturated heterocycles. The van der Waals surface area contributed by atoms with Crippen molar-refractivity contribution < 1.29 is 9.59 Å². The SMILES string of the molecule is O=C(N/N=C/c1ccsc1)c1ccc(CN2C(=O)c3cccc4cccc2c34)cc1. The van der Waals surface area contributed by atoms with Gasteiger partial charge in [0.2, 0.25) is 0 Å². The van der Waals surface area contributed by atoms with Gasteiger partial charge in [-0.05, 0) is 52.0 Å². The molecule has 4 aromatic rings. The zero-order valence-corrected chi connectivity index (χ0v) is 16.7. The number of hydrogen-bond donors (Lipinski definition) is 1. The van der Waals surface area contributed by atoms with Gasteiger partial charge in [0.15, 0.2) is 0 Å². The molecule has 0 aliphatic carbocycles. The highest BCUT2D eigenvalue weighted by atomic mass is 32.1. The number of benzene rings is 3. The molecule has 0 atom stereocenters. The molecule has 0 spiro atoms. The lowest BCUT2D eigenvalue weighted by atomic mass is 10.1. The number of nitrogens with zero attached hydrogens (tertiary/aromatic N) is 2. The van der Waals surface area contributed by atoms with E-state index in [-0.39, 0.29) is 11.8 Å². The fraction of sp³-hybridized carbons (Fsp3) is 0.0417. The normalized spacial score (nSPS) is 12.8. The molecule has 2 amide bonds. The van der Waals surface area contributed by atoms with Crippen LogP contribution in [0.15, 0.2) is 82.6 Å². The van der Waals surface area contributed by atoms with Gasteiger partial charge in [0.1, 0.15) is 0 Å². The molecule has 0 radical (unpaired) electrons. The van der Waals surface area contributed by atoms with Crippen molar-refractivity contribution in [2.75, 3.05) is 4.90 Å². The van der Waals surface area contributed by atoms with Crippen molar-refractivity contribution in [3.8, 4) is 0 Å². The summed E-state index contributed by atoms with van der Waals surface area (Å²) in [6, 6.07) is 20.9. The Bertz CT molecular complexity index is 1270. The van der Waals surface area contributed by atoms with Crippen molar-refractivity contribution in [2.45, 2.75) is 6.54 Å². The second kappa shape index (κ2) is 7.57. The molecule has 146 valence electrons. The lowest BCUT2D eigenvalue weighted by Gasteiger charge is -2.18. The van der Waals surface area contributed by atoms with Crippen LogP contribution in [0.25, 0.3) is 10.8 Å². The number of anilines is 1. The Labute approximate surface area is 177 Å². The minimum Gasteiger partial charge on any atom is -0.303 e. The molecule has 1 aliphatic rings. The van der Waals surface area contributed by atoms with Crippen LogP contribution < -0.4 is 10.3 Å². The highest BCUT2D eigenvalue weighted by Crippen LogP contribution is 2.37. The third-order valence-electron chi connectivity index (χ3n) is 5.13. The summed E-state index contributed by atoms with van der Waals surface area (Å²) in [5, 5.41) is 9.95. The highest BCUT2D eigenvalue weighted by Gasteiger charge is 2.29. The van der Waals surface area contributed by atoms with E-state index in [9.17, 15) is 9.59 Å². The number of rotatable bonds is 5. The Balaban J connectivity index is 1.31. The molecule has 1 aliphatic heterocycles. The highest BCUT2D eigenvalue weighted by molar-refractivity contribution is 7.08. The smallest absolute Gasteiger partial charge is 0.271 e.